The Labute approximate surface area is 316 Å². The summed E-state index contributed by atoms with van der Waals surface area (Å²) >= 11 is 0. The zero-order valence-electron chi connectivity index (χ0n) is 28.4. The van der Waals surface area contributed by atoms with Gasteiger partial charge in [-0.15, -0.1) is 0 Å². The lowest BCUT2D eigenvalue weighted by atomic mass is 10.2. The van der Waals surface area contributed by atoms with Crippen molar-refractivity contribution in [2.45, 2.75) is 91.6 Å². The SMILES string of the molecule is CCOCCOCCOCCO.OCC(F)(OC(F)(F)C(F)(OC(F)(F)C(F)(OC(F)(F)C(F)(OC(F)(F)C(F)(F)C(F)(F)F)C(F)(F)F)C(F)(F)F)C(F)(F)F)C(F)(F)F. The van der Waals surface area contributed by atoms with E-state index in [1.807, 2.05) is 6.92 Å². The van der Waals surface area contributed by atoms with Crippen LogP contribution in [0.25, 0.3) is 0 Å². The predicted molar refractivity (Wildman–Crippen MR) is 127 cm³/mol. The molecule has 0 aromatic carbocycles. The molecule has 4 unspecified atom stereocenters. The van der Waals surface area contributed by atoms with Crippen molar-refractivity contribution in [3.8, 4) is 0 Å². The fourth-order valence-corrected chi connectivity index (χ4v) is 2.83. The molecule has 0 bridgehead atoms. The van der Waals surface area contributed by atoms with Crippen LogP contribution in [0.15, 0.2) is 0 Å². The Kier molecular flexibility index (Phi) is 19.7. The summed E-state index contributed by atoms with van der Waals surface area (Å²) in [6.45, 7) is 1.68. The Bertz CT molecular complexity index is 1320. The van der Waals surface area contributed by atoms with Gasteiger partial charge in [0.15, 0.2) is 0 Å². The third-order valence-electron chi connectivity index (χ3n) is 5.85. The summed E-state index contributed by atoms with van der Waals surface area (Å²) in [4.78, 5) is 0. The van der Waals surface area contributed by atoms with E-state index in [2.05, 4.69) is 0 Å². The third-order valence-corrected chi connectivity index (χ3v) is 5.85. The van der Waals surface area contributed by atoms with Crippen molar-refractivity contribution in [3.63, 3.8) is 0 Å². The molecule has 61 heavy (non-hydrogen) atoms. The molecule has 0 saturated carbocycles. The van der Waals surface area contributed by atoms with Crippen molar-refractivity contribution in [2.24, 2.45) is 0 Å². The standard InChI is InChI=1S/C15H3F29O5.C8H18O4/c16-2(1-45,7(22,23)24)46-13(39,40)4(19,9(28,29)30)48-15(43,44)6(21,11(34,35)36)49-14(41,42)5(20,10(31,32)33)47-12(37,38)3(17,18)8(25,26)27;1-2-10-5-6-12-8-7-11-4-3-9/h45H,1H2;9H,2-8H2,1H3. The number of ether oxygens (including phenoxy) is 7. The lowest BCUT2D eigenvalue weighted by Gasteiger charge is -2.44. The lowest BCUT2D eigenvalue weighted by molar-refractivity contribution is -0.593. The minimum absolute atomic E-state index is 0.0684. The second-order valence-electron chi connectivity index (χ2n) is 10.4. The zero-order valence-corrected chi connectivity index (χ0v) is 28.4. The van der Waals surface area contributed by atoms with Crippen molar-refractivity contribution in [1.82, 2.24) is 0 Å². The fourth-order valence-electron chi connectivity index (χ4n) is 2.83. The largest absolute Gasteiger partial charge is 0.462 e. The van der Waals surface area contributed by atoms with E-state index in [0.717, 1.165) is 20.8 Å². The van der Waals surface area contributed by atoms with Gasteiger partial charge in [0.25, 0.3) is 0 Å². The van der Waals surface area contributed by atoms with Gasteiger partial charge in [-0.3, -0.25) is 18.9 Å². The molecule has 0 saturated heterocycles. The molecule has 0 aromatic heterocycles. The van der Waals surface area contributed by atoms with Crippen LogP contribution in [0.1, 0.15) is 6.92 Å². The highest BCUT2D eigenvalue weighted by Crippen LogP contribution is 2.61. The van der Waals surface area contributed by atoms with Crippen LogP contribution in [0, 0.1) is 0 Å². The van der Waals surface area contributed by atoms with E-state index >= 15 is 0 Å². The van der Waals surface area contributed by atoms with Crippen molar-refractivity contribution in [1.29, 1.82) is 0 Å². The number of rotatable bonds is 22. The van der Waals surface area contributed by atoms with Gasteiger partial charge in [0.1, 0.15) is 6.61 Å². The summed E-state index contributed by atoms with van der Waals surface area (Å²) in [5.41, 5.74) is 0. The lowest BCUT2D eigenvalue weighted by Crippen LogP contribution is -2.72. The van der Waals surface area contributed by atoms with Gasteiger partial charge in [0.2, 0.25) is 0 Å². The van der Waals surface area contributed by atoms with E-state index in [-0.39, 0.29) is 6.61 Å². The highest BCUT2D eigenvalue weighted by atomic mass is 19.4. The van der Waals surface area contributed by atoms with Crippen LogP contribution in [-0.4, -0.2) is 148 Å². The van der Waals surface area contributed by atoms with E-state index < -0.39 is 91.3 Å². The zero-order chi connectivity index (χ0) is 49.6. The highest BCUT2D eigenvalue weighted by Gasteiger charge is 2.90. The van der Waals surface area contributed by atoms with E-state index in [4.69, 9.17) is 24.4 Å². The number of halogens is 29. The second kappa shape index (κ2) is 19.8. The maximum atomic E-state index is 14.3. The van der Waals surface area contributed by atoms with Crippen molar-refractivity contribution < 1.29 is 171 Å². The molecule has 0 heterocycles. The molecule has 0 fully saturated rings. The Morgan fingerprint density at radius 3 is 0.852 bits per heavy atom. The summed E-state index contributed by atoms with van der Waals surface area (Å²) in [5.74, 6) is -42.2. The van der Waals surface area contributed by atoms with Crippen LogP contribution >= 0.6 is 0 Å². The van der Waals surface area contributed by atoms with E-state index in [0.29, 0.717) is 33.0 Å². The molecular weight excluding hydrogens is 971 g/mol. The van der Waals surface area contributed by atoms with E-state index in [1.54, 1.807) is 0 Å². The number of hydrogen-bond acceptors (Lipinski definition) is 9. The molecule has 2 N–H and O–H groups in total. The summed E-state index contributed by atoms with van der Waals surface area (Å²) in [5, 5.41) is 16.5. The molecule has 4 atom stereocenters. The topological polar surface area (TPSA) is 105 Å². The van der Waals surface area contributed by atoms with Gasteiger partial charge in [0.05, 0.1) is 39.6 Å². The van der Waals surface area contributed by atoms with Gasteiger partial charge < -0.3 is 24.4 Å². The van der Waals surface area contributed by atoms with Gasteiger partial charge in [-0.25, -0.2) is 0 Å². The van der Waals surface area contributed by atoms with Gasteiger partial charge in [-0.05, 0) is 6.92 Å². The monoisotopic (exact) mass is 992 g/mol. The maximum Gasteiger partial charge on any atom is 0.462 e. The first-order valence-corrected chi connectivity index (χ1v) is 14.3. The number of alkyl halides is 29. The van der Waals surface area contributed by atoms with Crippen LogP contribution in [-0.2, 0) is 33.2 Å². The first-order valence-electron chi connectivity index (χ1n) is 14.3. The molecule has 0 rings (SSSR count). The number of aliphatic hydroxyl groups excluding tert-OH is 2. The van der Waals surface area contributed by atoms with Gasteiger partial charge in [-0.2, -0.15) is 127 Å². The molecule has 370 valence electrons. The maximum absolute atomic E-state index is 14.3. The molecule has 9 nitrogen and oxygen atoms in total. The average molecular weight is 992 g/mol. The highest BCUT2D eigenvalue weighted by molar-refractivity contribution is 4.99. The quantitative estimate of drug-likeness (QED) is 0.0816. The summed E-state index contributed by atoms with van der Waals surface area (Å²) in [7, 11) is 0. The molecular formula is C23H21F29O9. The molecule has 0 amide bonds. The Hall–Kier alpha value is -2.39. The van der Waals surface area contributed by atoms with Crippen molar-refractivity contribution in [3.05, 3.63) is 0 Å². The normalized spacial score (nSPS) is 18.7. The minimum atomic E-state index is -9.19. The molecule has 0 radical (unpaired) electrons. The summed E-state index contributed by atoms with van der Waals surface area (Å²) in [6, 6.07) is 0. The molecule has 0 aromatic rings. The van der Waals surface area contributed by atoms with Crippen molar-refractivity contribution >= 4 is 0 Å². The van der Waals surface area contributed by atoms with Gasteiger partial charge >= 0.3 is 84.7 Å². The minimum Gasteiger partial charge on any atom is -0.394 e. The molecule has 0 aliphatic heterocycles. The smallest absolute Gasteiger partial charge is 0.394 e. The Morgan fingerprint density at radius 2 is 0.607 bits per heavy atom. The van der Waals surface area contributed by atoms with Crippen LogP contribution in [0.2, 0.25) is 0 Å². The van der Waals surface area contributed by atoms with Crippen LogP contribution in [0.5, 0.6) is 0 Å². The van der Waals surface area contributed by atoms with Crippen LogP contribution < -0.4 is 0 Å². The second-order valence-corrected chi connectivity index (χ2v) is 10.4. The summed E-state index contributed by atoms with van der Waals surface area (Å²) < 4.78 is 401. The number of hydrogen-bond donors (Lipinski definition) is 2. The van der Waals surface area contributed by atoms with Crippen LogP contribution in [0.3, 0.4) is 0 Å². The fraction of sp³-hybridized carbons (Fsp3) is 1.00. The molecule has 0 spiro atoms. The van der Waals surface area contributed by atoms with Gasteiger partial charge in [0, 0.05) is 6.61 Å². The Morgan fingerprint density at radius 1 is 0.328 bits per heavy atom. The molecule has 0 aliphatic carbocycles. The number of aliphatic hydroxyl groups is 2. The summed E-state index contributed by atoms with van der Waals surface area (Å²) in [6.07, 6.45) is -76.7. The average Bonchev–Trinajstić information content (AvgIpc) is 3.02. The first-order chi connectivity index (χ1) is 26.6. The molecule has 38 heteroatoms. The van der Waals surface area contributed by atoms with Crippen molar-refractivity contribution in [2.75, 3.05) is 52.9 Å². The predicted octanol–water partition coefficient (Wildman–Crippen LogP) is 8.57. The first kappa shape index (κ1) is 60.7. The van der Waals surface area contributed by atoms with Crippen LogP contribution in [0.4, 0.5) is 127 Å². The Balaban J connectivity index is 0. The third kappa shape index (κ3) is 13.6. The van der Waals surface area contributed by atoms with E-state index in [9.17, 15) is 127 Å². The molecule has 0 aliphatic rings. The van der Waals surface area contributed by atoms with Gasteiger partial charge in [-0.1, -0.05) is 0 Å². The van der Waals surface area contributed by atoms with E-state index in [1.165, 1.54) is 4.74 Å².